The van der Waals surface area contributed by atoms with Crippen molar-refractivity contribution in [2.45, 2.75) is 4.90 Å². The summed E-state index contributed by atoms with van der Waals surface area (Å²) in [5.74, 6) is 0. The van der Waals surface area contributed by atoms with Crippen LogP contribution in [-0.2, 0) is 0 Å². The van der Waals surface area contributed by atoms with Crippen LogP contribution in [0.1, 0.15) is 5.56 Å². The fourth-order valence-electron chi connectivity index (χ4n) is 0.774. The maximum Gasteiger partial charge on any atom is 0.0142 e. The van der Waals surface area contributed by atoms with Gasteiger partial charge < -0.3 is 0 Å². The quantitative estimate of drug-likeness (QED) is 0.583. The summed E-state index contributed by atoms with van der Waals surface area (Å²) in [6.07, 6.45) is 3.91. The maximum absolute atomic E-state index is 3.71. The number of thioether (sulfide) groups is 1. The first-order valence-corrected chi connectivity index (χ1v) is 4.27. The van der Waals surface area contributed by atoms with Crippen molar-refractivity contribution in [3.05, 3.63) is 36.4 Å². The summed E-state index contributed by atoms with van der Waals surface area (Å²) in [7, 11) is 0. The van der Waals surface area contributed by atoms with E-state index in [1.54, 1.807) is 11.8 Å². The van der Waals surface area contributed by atoms with Crippen molar-refractivity contribution in [1.29, 1.82) is 0 Å². The van der Waals surface area contributed by atoms with Crippen molar-refractivity contribution in [3.63, 3.8) is 0 Å². The van der Waals surface area contributed by atoms with Crippen molar-refractivity contribution in [2.24, 2.45) is 0 Å². The Kier molecular flexibility index (Phi) is 2.57. The van der Waals surface area contributed by atoms with E-state index in [4.69, 9.17) is 0 Å². The number of benzene rings is 1. The SMILES string of the molecule is C=Cc1c[c]ccc1SC. The molecule has 0 atom stereocenters. The van der Waals surface area contributed by atoms with Gasteiger partial charge in [-0.05, 0) is 30.0 Å². The lowest BCUT2D eigenvalue weighted by Gasteiger charge is -1.98. The molecule has 0 N–H and O–H groups in total. The second-order valence-electron chi connectivity index (χ2n) is 1.87. The Bertz CT molecular complexity index is 228. The fourth-order valence-corrected chi connectivity index (χ4v) is 1.36. The smallest absolute Gasteiger partial charge is 0.0142 e. The van der Waals surface area contributed by atoms with E-state index in [9.17, 15) is 0 Å². The van der Waals surface area contributed by atoms with E-state index in [0.717, 1.165) is 5.56 Å². The van der Waals surface area contributed by atoms with Crippen molar-refractivity contribution < 1.29 is 0 Å². The molecule has 0 amide bonds. The molecule has 0 aromatic heterocycles. The van der Waals surface area contributed by atoms with E-state index >= 15 is 0 Å². The van der Waals surface area contributed by atoms with Gasteiger partial charge in [0.15, 0.2) is 0 Å². The van der Waals surface area contributed by atoms with Crippen LogP contribution in [0.4, 0.5) is 0 Å². The first-order valence-electron chi connectivity index (χ1n) is 3.05. The van der Waals surface area contributed by atoms with Gasteiger partial charge in [0.2, 0.25) is 0 Å². The number of hydrogen-bond acceptors (Lipinski definition) is 1. The lowest BCUT2D eigenvalue weighted by Crippen LogP contribution is -1.75. The molecule has 0 aliphatic heterocycles. The Morgan fingerprint density at radius 1 is 1.70 bits per heavy atom. The van der Waals surface area contributed by atoms with Crippen LogP contribution in [0, 0.1) is 6.07 Å². The van der Waals surface area contributed by atoms with Crippen molar-refractivity contribution >= 4 is 17.8 Å². The Labute approximate surface area is 66.0 Å². The molecule has 1 rings (SSSR count). The zero-order chi connectivity index (χ0) is 7.40. The molecule has 0 unspecified atom stereocenters. The van der Waals surface area contributed by atoms with E-state index in [0.29, 0.717) is 0 Å². The molecule has 0 aliphatic rings. The van der Waals surface area contributed by atoms with Crippen LogP contribution in [0.3, 0.4) is 0 Å². The van der Waals surface area contributed by atoms with Gasteiger partial charge in [-0.25, -0.2) is 0 Å². The Hall–Kier alpha value is -0.690. The average molecular weight is 149 g/mol. The first-order chi connectivity index (χ1) is 4.88. The summed E-state index contributed by atoms with van der Waals surface area (Å²) in [5.41, 5.74) is 1.16. The minimum absolute atomic E-state index is 1.16. The van der Waals surface area contributed by atoms with E-state index in [1.165, 1.54) is 4.90 Å². The predicted molar refractivity (Wildman–Crippen MR) is 47.2 cm³/mol. The third-order valence-electron chi connectivity index (χ3n) is 1.29. The van der Waals surface area contributed by atoms with Gasteiger partial charge >= 0.3 is 0 Å². The standard InChI is InChI=1S/C9H9S/c1-3-8-6-4-5-7-9(8)10-2/h3,5-7H,1H2,2H3. The molecule has 0 bridgehead atoms. The van der Waals surface area contributed by atoms with E-state index < -0.39 is 0 Å². The lowest BCUT2D eigenvalue weighted by molar-refractivity contribution is 1.42. The topological polar surface area (TPSA) is 0 Å². The monoisotopic (exact) mass is 149 g/mol. The highest BCUT2D eigenvalue weighted by atomic mass is 32.2. The highest BCUT2D eigenvalue weighted by Crippen LogP contribution is 2.19. The molecule has 51 valence electrons. The van der Waals surface area contributed by atoms with Crippen molar-refractivity contribution in [1.82, 2.24) is 0 Å². The van der Waals surface area contributed by atoms with Crippen LogP contribution >= 0.6 is 11.8 Å². The fraction of sp³-hybridized carbons (Fsp3) is 0.111. The third-order valence-corrected chi connectivity index (χ3v) is 2.11. The second kappa shape index (κ2) is 3.47. The molecule has 1 aromatic carbocycles. The van der Waals surface area contributed by atoms with Gasteiger partial charge in [0, 0.05) is 4.90 Å². The summed E-state index contributed by atoms with van der Waals surface area (Å²) in [6.45, 7) is 3.71. The second-order valence-corrected chi connectivity index (χ2v) is 2.72. The minimum Gasteiger partial charge on any atom is -0.129 e. The summed E-state index contributed by atoms with van der Waals surface area (Å²) in [4.78, 5) is 1.26. The van der Waals surface area contributed by atoms with Crippen LogP contribution in [0.2, 0.25) is 0 Å². The molecule has 0 saturated carbocycles. The molecule has 0 spiro atoms. The largest absolute Gasteiger partial charge is 0.129 e. The zero-order valence-electron chi connectivity index (χ0n) is 5.92. The average Bonchev–Trinajstić information content (AvgIpc) is 2.04. The number of rotatable bonds is 2. The summed E-state index contributed by atoms with van der Waals surface area (Å²) in [5, 5.41) is 0. The summed E-state index contributed by atoms with van der Waals surface area (Å²) >= 11 is 1.73. The molecule has 0 saturated heterocycles. The van der Waals surface area contributed by atoms with E-state index in [-0.39, 0.29) is 0 Å². The van der Waals surface area contributed by atoms with Gasteiger partial charge in [-0.3, -0.25) is 0 Å². The van der Waals surface area contributed by atoms with Gasteiger partial charge in [0.25, 0.3) is 0 Å². The number of hydrogen-bond donors (Lipinski definition) is 0. The molecule has 1 aromatic rings. The van der Waals surface area contributed by atoms with E-state index in [1.807, 2.05) is 24.3 Å². The molecule has 0 heterocycles. The molecule has 1 heteroatoms. The van der Waals surface area contributed by atoms with Crippen LogP contribution in [0.25, 0.3) is 6.08 Å². The van der Waals surface area contributed by atoms with Crippen LogP contribution in [-0.4, -0.2) is 6.26 Å². The van der Waals surface area contributed by atoms with Crippen LogP contribution < -0.4 is 0 Å². The molecular formula is C9H9S. The molecule has 0 nitrogen and oxygen atoms in total. The van der Waals surface area contributed by atoms with Gasteiger partial charge in [0.1, 0.15) is 0 Å². The Morgan fingerprint density at radius 3 is 3.00 bits per heavy atom. The van der Waals surface area contributed by atoms with Gasteiger partial charge in [-0.1, -0.05) is 18.7 Å². The highest BCUT2D eigenvalue weighted by Gasteiger charge is 1.92. The highest BCUT2D eigenvalue weighted by molar-refractivity contribution is 7.98. The maximum atomic E-state index is 3.71. The molecule has 1 radical (unpaired) electrons. The molecule has 10 heavy (non-hydrogen) atoms. The van der Waals surface area contributed by atoms with Crippen LogP contribution in [0.15, 0.2) is 29.7 Å². The lowest BCUT2D eigenvalue weighted by atomic mass is 10.2. The van der Waals surface area contributed by atoms with E-state index in [2.05, 4.69) is 18.9 Å². The predicted octanol–water partition coefficient (Wildman–Crippen LogP) is 2.85. The Morgan fingerprint density at radius 2 is 2.50 bits per heavy atom. The molecular weight excluding hydrogens is 140 g/mol. The molecule has 0 fully saturated rings. The van der Waals surface area contributed by atoms with Gasteiger partial charge in [0.05, 0.1) is 0 Å². The summed E-state index contributed by atoms with van der Waals surface area (Å²) < 4.78 is 0. The van der Waals surface area contributed by atoms with Gasteiger partial charge in [-0.15, -0.1) is 11.8 Å². The normalized spacial score (nSPS) is 9.30. The first kappa shape index (κ1) is 7.42. The van der Waals surface area contributed by atoms with Crippen molar-refractivity contribution in [2.75, 3.05) is 6.26 Å². The zero-order valence-corrected chi connectivity index (χ0v) is 6.74. The van der Waals surface area contributed by atoms with Crippen LogP contribution in [0.5, 0.6) is 0 Å². The minimum atomic E-state index is 1.16. The van der Waals surface area contributed by atoms with Crippen molar-refractivity contribution in [3.8, 4) is 0 Å². The van der Waals surface area contributed by atoms with Gasteiger partial charge in [-0.2, -0.15) is 0 Å². The Balaban J connectivity index is 3.08. The summed E-state index contributed by atoms with van der Waals surface area (Å²) in [6, 6.07) is 8.90. The molecule has 0 aliphatic carbocycles. The third kappa shape index (κ3) is 1.42.